The molecule has 5 heterocycles. The number of carbonyl (C=O) groups is 1. The topological polar surface area (TPSA) is 125 Å². The first-order chi connectivity index (χ1) is 19.8. The molecule has 0 radical (unpaired) electrons. The van der Waals surface area contributed by atoms with E-state index in [0.29, 0.717) is 64.0 Å². The molecule has 0 saturated carbocycles. The van der Waals surface area contributed by atoms with Crippen molar-refractivity contribution in [3.05, 3.63) is 87.4 Å². The minimum atomic E-state index is -0.400. The summed E-state index contributed by atoms with van der Waals surface area (Å²) >= 11 is 12.3. The molecule has 1 aliphatic rings. The molecular weight excluding hydrogens is 565 g/mol. The van der Waals surface area contributed by atoms with Gasteiger partial charge in [-0.15, -0.1) is 5.10 Å². The Morgan fingerprint density at radius 1 is 1.05 bits per heavy atom. The van der Waals surface area contributed by atoms with Crippen LogP contribution in [0.5, 0.6) is 0 Å². The molecule has 1 aromatic carbocycles. The maximum Gasteiger partial charge on any atom is 0.254 e. The van der Waals surface area contributed by atoms with E-state index in [0.717, 1.165) is 0 Å². The lowest BCUT2D eigenvalue weighted by atomic mass is 9.98. The molecule has 2 atom stereocenters. The van der Waals surface area contributed by atoms with Crippen LogP contribution in [0.3, 0.4) is 0 Å². The van der Waals surface area contributed by atoms with Crippen molar-refractivity contribution in [3.63, 3.8) is 0 Å². The first-order valence-corrected chi connectivity index (χ1v) is 13.8. The van der Waals surface area contributed by atoms with E-state index in [1.807, 2.05) is 25.1 Å². The molecule has 0 fully saturated rings. The van der Waals surface area contributed by atoms with Gasteiger partial charge in [0.2, 0.25) is 5.91 Å². The lowest BCUT2D eigenvalue weighted by Gasteiger charge is -2.22. The van der Waals surface area contributed by atoms with Crippen molar-refractivity contribution in [2.75, 3.05) is 5.32 Å². The predicted molar refractivity (Wildman–Crippen MR) is 155 cm³/mol. The second-order valence-electron chi connectivity index (χ2n) is 9.98. The fraction of sp³-hybridized carbons (Fsp3) is 0.250. The lowest BCUT2D eigenvalue weighted by Crippen LogP contribution is -2.27. The summed E-state index contributed by atoms with van der Waals surface area (Å²) in [5, 5.41) is 15.9. The molecule has 1 N–H and O–H groups in total. The summed E-state index contributed by atoms with van der Waals surface area (Å²) in [6.45, 7) is 1.90. The van der Waals surface area contributed by atoms with E-state index in [9.17, 15) is 9.59 Å². The van der Waals surface area contributed by atoms with Crippen LogP contribution in [0.15, 0.2) is 66.0 Å². The second-order valence-corrected chi connectivity index (χ2v) is 10.8. The Labute approximate surface area is 244 Å². The van der Waals surface area contributed by atoms with Crippen LogP contribution in [0.25, 0.3) is 28.3 Å². The fourth-order valence-electron chi connectivity index (χ4n) is 5.10. The number of aromatic nitrogens is 8. The van der Waals surface area contributed by atoms with Gasteiger partial charge in [-0.25, -0.2) is 14.6 Å². The zero-order valence-electron chi connectivity index (χ0n) is 22.2. The Hall–Kier alpha value is -4.35. The largest absolute Gasteiger partial charge is 0.323 e. The van der Waals surface area contributed by atoms with Crippen molar-refractivity contribution in [1.29, 1.82) is 0 Å². The van der Waals surface area contributed by atoms with Gasteiger partial charge in [-0.2, -0.15) is 5.10 Å². The Bertz CT molecular complexity index is 1830. The monoisotopic (exact) mass is 589 g/mol. The van der Waals surface area contributed by atoms with E-state index in [2.05, 4.69) is 25.7 Å². The average Bonchev–Trinajstić information content (AvgIpc) is 3.55. The number of pyridine rings is 1. The van der Waals surface area contributed by atoms with Gasteiger partial charge in [0.05, 0.1) is 53.2 Å². The van der Waals surface area contributed by atoms with Gasteiger partial charge in [0.15, 0.2) is 5.15 Å². The normalized spacial score (nSPS) is 17.3. The van der Waals surface area contributed by atoms with E-state index in [-0.39, 0.29) is 22.5 Å². The van der Waals surface area contributed by atoms with E-state index < -0.39 is 6.04 Å². The average molecular weight is 590 g/mol. The Morgan fingerprint density at radius 3 is 2.68 bits per heavy atom. The Balaban J connectivity index is 1.44. The molecule has 2 bridgehead atoms. The number of benzene rings is 1. The molecule has 11 nitrogen and oxygen atoms in total. The zero-order chi connectivity index (χ0) is 28.7. The van der Waals surface area contributed by atoms with E-state index in [1.165, 1.54) is 17.1 Å². The molecule has 1 aliphatic heterocycles. The minimum Gasteiger partial charge on any atom is -0.323 e. The molecule has 2 unspecified atom stereocenters. The number of hydrogen-bond donors (Lipinski definition) is 1. The summed E-state index contributed by atoms with van der Waals surface area (Å²) in [6, 6.07) is 11.9. The third-order valence-electron chi connectivity index (χ3n) is 7.23. The van der Waals surface area contributed by atoms with Crippen LogP contribution in [-0.2, 0) is 11.8 Å². The van der Waals surface area contributed by atoms with Crippen molar-refractivity contribution in [1.82, 2.24) is 39.3 Å². The molecule has 208 valence electrons. The summed E-state index contributed by atoms with van der Waals surface area (Å²) in [6.07, 6.45) is 6.66. The number of nitrogens with one attached hydrogen (secondary N) is 1. The number of carbonyl (C=O) groups excluding carboxylic acids is 1. The van der Waals surface area contributed by atoms with Gasteiger partial charge in [-0.3, -0.25) is 18.8 Å². The first kappa shape index (κ1) is 26.9. The predicted octanol–water partition coefficient (Wildman–Crippen LogP) is 4.94. The van der Waals surface area contributed by atoms with Gasteiger partial charge in [0.1, 0.15) is 5.69 Å². The first-order valence-electron chi connectivity index (χ1n) is 13.0. The quantitative estimate of drug-likeness (QED) is 0.316. The molecule has 0 aliphatic carbocycles. The molecule has 41 heavy (non-hydrogen) atoms. The maximum absolute atomic E-state index is 13.7. The molecule has 4 aromatic heterocycles. The Kier molecular flexibility index (Phi) is 7.14. The number of fused-ring (bicyclic) bond motifs is 4. The van der Waals surface area contributed by atoms with E-state index in [1.54, 1.807) is 46.9 Å². The Morgan fingerprint density at radius 2 is 1.90 bits per heavy atom. The highest BCUT2D eigenvalue weighted by molar-refractivity contribution is 6.31. The van der Waals surface area contributed by atoms with Gasteiger partial charge < -0.3 is 5.32 Å². The summed E-state index contributed by atoms with van der Waals surface area (Å²) in [4.78, 5) is 36.2. The molecule has 13 heteroatoms. The third kappa shape index (κ3) is 5.25. The van der Waals surface area contributed by atoms with Crippen LogP contribution < -0.4 is 10.9 Å². The lowest BCUT2D eigenvalue weighted by molar-refractivity contribution is -0.119. The van der Waals surface area contributed by atoms with Crippen LogP contribution in [-0.4, -0.2) is 45.2 Å². The second kappa shape index (κ2) is 10.9. The van der Waals surface area contributed by atoms with Crippen molar-refractivity contribution in [3.8, 4) is 28.3 Å². The van der Waals surface area contributed by atoms with Crippen molar-refractivity contribution in [2.24, 2.45) is 13.0 Å². The van der Waals surface area contributed by atoms with Gasteiger partial charge in [0.25, 0.3) is 5.56 Å². The van der Waals surface area contributed by atoms with Crippen molar-refractivity contribution >= 4 is 34.8 Å². The summed E-state index contributed by atoms with van der Waals surface area (Å²) in [5.74, 6) is -0.306. The number of aryl methyl sites for hydroxylation is 1. The summed E-state index contributed by atoms with van der Waals surface area (Å²) in [7, 11) is 1.80. The summed E-state index contributed by atoms with van der Waals surface area (Å²) in [5.41, 5.74) is 4.04. The molecule has 5 aromatic rings. The number of amides is 1. The highest BCUT2D eigenvalue weighted by atomic mass is 35.5. The summed E-state index contributed by atoms with van der Waals surface area (Å²) < 4.78 is 4.78. The van der Waals surface area contributed by atoms with Gasteiger partial charge in [-0.05, 0) is 43.2 Å². The van der Waals surface area contributed by atoms with Crippen LogP contribution in [0.2, 0.25) is 10.2 Å². The van der Waals surface area contributed by atoms with Gasteiger partial charge >= 0.3 is 0 Å². The van der Waals surface area contributed by atoms with Crippen LogP contribution in [0.1, 0.15) is 37.9 Å². The van der Waals surface area contributed by atoms with Crippen molar-refractivity contribution in [2.45, 2.75) is 32.2 Å². The van der Waals surface area contributed by atoms with Crippen LogP contribution >= 0.6 is 23.2 Å². The highest BCUT2D eigenvalue weighted by Crippen LogP contribution is 2.32. The molecule has 6 rings (SSSR count). The van der Waals surface area contributed by atoms with E-state index >= 15 is 0 Å². The van der Waals surface area contributed by atoms with Gasteiger partial charge in [-0.1, -0.05) is 47.8 Å². The molecule has 1 amide bonds. The number of anilines is 1. The number of hydrogen-bond acceptors (Lipinski definition) is 7. The van der Waals surface area contributed by atoms with Crippen LogP contribution in [0, 0.1) is 5.92 Å². The number of halogens is 2. The number of nitrogens with zero attached hydrogens (tertiary/aromatic N) is 8. The SMILES string of the molecule is CC1CCCC(n2cnc(-c3cc(Cl)ccc3-n3cc(Cl)nn3)cc2=O)c2cccc(n2)-c2c(cnn2C)NC1=O. The fourth-order valence-corrected chi connectivity index (χ4v) is 5.40. The highest BCUT2D eigenvalue weighted by Gasteiger charge is 2.24. The third-order valence-corrected chi connectivity index (χ3v) is 7.64. The zero-order valence-corrected chi connectivity index (χ0v) is 23.7. The van der Waals surface area contributed by atoms with Crippen LogP contribution in [0.4, 0.5) is 5.69 Å². The standard InChI is InChI=1S/C28H25Cl2N9O2/c1-16-5-3-8-24(19-6-4-7-20(33-19)27-22(34-28(16)41)13-32-37(27)2)38-15-31-21(12-26(38)40)18-11-17(29)9-10-23(18)39-14-25(30)35-36-39/h4,6-7,9-16,24H,3,5,8H2,1-2H3,(H,34,41). The van der Waals surface area contributed by atoms with E-state index in [4.69, 9.17) is 28.2 Å². The molecule has 0 spiro atoms. The van der Waals surface area contributed by atoms with Gasteiger partial charge in [0, 0.05) is 29.6 Å². The molecular formula is C28H25Cl2N9O2. The number of rotatable bonds is 3. The maximum atomic E-state index is 13.7. The minimum absolute atomic E-state index is 0.0817. The molecule has 0 saturated heterocycles. The smallest absolute Gasteiger partial charge is 0.254 e. The van der Waals surface area contributed by atoms with Crippen molar-refractivity contribution < 1.29 is 4.79 Å².